The van der Waals surface area contributed by atoms with E-state index >= 15 is 0 Å². The van der Waals surface area contributed by atoms with Crippen LogP contribution in [0.5, 0.6) is 0 Å². The van der Waals surface area contributed by atoms with Crippen LogP contribution in [0.25, 0.3) is 33.8 Å². The summed E-state index contributed by atoms with van der Waals surface area (Å²) in [5.41, 5.74) is 6.04. The third-order valence-electron chi connectivity index (χ3n) is 6.47. The van der Waals surface area contributed by atoms with Crippen molar-refractivity contribution in [1.29, 1.82) is 0 Å². The van der Waals surface area contributed by atoms with Crippen LogP contribution in [0.2, 0.25) is 0 Å². The predicted octanol–water partition coefficient (Wildman–Crippen LogP) is 5.38. The number of fused-ring (bicyclic) bond motifs is 1. The minimum Gasteiger partial charge on any atom is -0.338 e. The van der Waals surface area contributed by atoms with Crippen LogP contribution in [0.1, 0.15) is 28.3 Å². The quantitative estimate of drug-likeness (QED) is 0.362. The molecule has 0 bridgehead atoms. The first-order valence-corrected chi connectivity index (χ1v) is 11.7. The number of carbonyl (C=O) groups excluding carboxylic acids is 1. The standard InChI is InChI=1S/C29H23N5O/c35-29(34-17-14-22(19-34)20-8-2-1-3-9-20)21-12-13-23-26(18-21)33-28(25-11-5-7-16-31-25)27(32-23)24-10-4-6-15-30-24/h1-13,15-16,18,22H,14,17,19H2/t22-/m0/s1. The number of pyridine rings is 2. The molecule has 0 spiro atoms. The average molecular weight is 458 g/mol. The molecular formula is C29H23N5O. The van der Waals surface area contributed by atoms with Crippen LogP contribution in [0, 0.1) is 0 Å². The third kappa shape index (κ3) is 4.15. The first-order chi connectivity index (χ1) is 17.3. The smallest absolute Gasteiger partial charge is 0.253 e. The predicted molar refractivity (Wildman–Crippen MR) is 136 cm³/mol. The van der Waals surface area contributed by atoms with E-state index in [1.54, 1.807) is 12.4 Å². The van der Waals surface area contributed by atoms with Crippen molar-refractivity contribution in [2.45, 2.75) is 12.3 Å². The van der Waals surface area contributed by atoms with Gasteiger partial charge in [-0.2, -0.15) is 0 Å². The molecule has 0 radical (unpaired) electrons. The van der Waals surface area contributed by atoms with Gasteiger partial charge in [0, 0.05) is 37.0 Å². The molecule has 1 amide bonds. The van der Waals surface area contributed by atoms with E-state index in [1.807, 2.05) is 65.6 Å². The van der Waals surface area contributed by atoms with E-state index in [1.165, 1.54) is 5.56 Å². The zero-order valence-electron chi connectivity index (χ0n) is 19.1. The molecule has 0 saturated carbocycles. The van der Waals surface area contributed by atoms with Gasteiger partial charge in [-0.05, 0) is 54.4 Å². The number of aromatic nitrogens is 4. The maximum absolute atomic E-state index is 13.4. The topological polar surface area (TPSA) is 71.9 Å². The van der Waals surface area contributed by atoms with Crippen LogP contribution < -0.4 is 0 Å². The van der Waals surface area contributed by atoms with Crippen LogP contribution in [-0.4, -0.2) is 43.8 Å². The molecule has 6 nitrogen and oxygen atoms in total. The molecular weight excluding hydrogens is 434 g/mol. The molecule has 6 heteroatoms. The SMILES string of the molecule is O=C(c1ccc2nc(-c3ccccn3)c(-c3ccccn3)nc2c1)N1CC[C@H](c2ccccc2)C1. The molecule has 1 atom stereocenters. The zero-order chi connectivity index (χ0) is 23.6. The van der Waals surface area contributed by atoms with Crippen LogP contribution in [-0.2, 0) is 0 Å². The summed E-state index contributed by atoms with van der Waals surface area (Å²) < 4.78 is 0. The normalized spacial score (nSPS) is 15.4. The lowest BCUT2D eigenvalue weighted by Crippen LogP contribution is -2.28. The number of hydrogen-bond donors (Lipinski definition) is 0. The molecule has 1 aliphatic rings. The minimum absolute atomic E-state index is 0.0281. The van der Waals surface area contributed by atoms with E-state index < -0.39 is 0 Å². The highest BCUT2D eigenvalue weighted by molar-refractivity contribution is 5.98. The second-order valence-electron chi connectivity index (χ2n) is 8.70. The Morgan fingerprint density at radius 3 is 2.06 bits per heavy atom. The van der Waals surface area contributed by atoms with Gasteiger partial charge in [-0.1, -0.05) is 42.5 Å². The number of amides is 1. The number of nitrogens with zero attached hydrogens (tertiary/aromatic N) is 5. The lowest BCUT2D eigenvalue weighted by Gasteiger charge is -2.17. The Morgan fingerprint density at radius 2 is 1.40 bits per heavy atom. The molecule has 2 aromatic carbocycles. The van der Waals surface area contributed by atoms with E-state index in [-0.39, 0.29) is 5.91 Å². The largest absolute Gasteiger partial charge is 0.338 e. The summed E-state index contributed by atoms with van der Waals surface area (Å²) in [6.07, 6.45) is 4.45. The average Bonchev–Trinajstić information content (AvgIpc) is 3.43. The van der Waals surface area contributed by atoms with E-state index in [0.717, 1.165) is 25.2 Å². The summed E-state index contributed by atoms with van der Waals surface area (Å²) in [6.45, 7) is 1.48. The monoisotopic (exact) mass is 457 g/mol. The third-order valence-corrected chi connectivity index (χ3v) is 6.47. The molecule has 35 heavy (non-hydrogen) atoms. The van der Waals surface area contributed by atoms with Gasteiger partial charge in [-0.25, -0.2) is 9.97 Å². The number of benzene rings is 2. The van der Waals surface area contributed by atoms with Crippen LogP contribution in [0.15, 0.2) is 97.3 Å². The van der Waals surface area contributed by atoms with Crippen LogP contribution >= 0.6 is 0 Å². The summed E-state index contributed by atoms with van der Waals surface area (Å²) in [5, 5.41) is 0. The van der Waals surface area contributed by atoms with Crippen molar-refractivity contribution >= 4 is 16.9 Å². The van der Waals surface area contributed by atoms with Crippen molar-refractivity contribution in [3.63, 3.8) is 0 Å². The summed E-state index contributed by atoms with van der Waals surface area (Å²) >= 11 is 0. The van der Waals surface area contributed by atoms with Gasteiger partial charge in [0.15, 0.2) is 0 Å². The highest BCUT2D eigenvalue weighted by Gasteiger charge is 2.28. The number of carbonyl (C=O) groups is 1. The minimum atomic E-state index is 0.0281. The molecule has 1 fully saturated rings. The lowest BCUT2D eigenvalue weighted by atomic mass is 9.99. The fourth-order valence-electron chi connectivity index (χ4n) is 4.67. The van der Waals surface area contributed by atoms with Gasteiger partial charge >= 0.3 is 0 Å². The van der Waals surface area contributed by atoms with Crippen molar-refractivity contribution in [2.75, 3.05) is 13.1 Å². The Balaban J connectivity index is 1.36. The fourth-order valence-corrected chi connectivity index (χ4v) is 4.67. The summed E-state index contributed by atoms with van der Waals surface area (Å²) in [7, 11) is 0. The molecule has 0 N–H and O–H groups in total. The van der Waals surface area contributed by atoms with Gasteiger partial charge in [0.05, 0.1) is 22.4 Å². The van der Waals surface area contributed by atoms with Gasteiger partial charge in [0.1, 0.15) is 11.4 Å². The van der Waals surface area contributed by atoms with E-state index in [0.29, 0.717) is 39.6 Å². The Kier molecular flexibility index (Phi) is 5.47. The summed E-state index contributed by atoms with van der Waals surface area (Å²) in [5.74, 6) is 0.400. The van der Waals surface area contributed by atoms with Crippen LogP contribution in [0.4, 0.5) is 0 Å². The number of hydrogen-bond acceptors (Lipinski definition) is 5. The highest BCUT2D eigenvalue weighted by atomic mass is 16.2. The van der Waals surface area contributed by atoms with Crippen molar-refractivity contribution in [3.8, 4) is 22.8 Å². The molecule has 4 heterocycles. The van der Waals surface area contributed by atoms with Crippen molar-refractivity contribution in [1.82, 2.24) is 24.8 Å². The first kappa shape index (κ1) is 21.1. The van der Waals surface area contributed by atoms with Gasteiger partial charge in [0.25, 0.3) is 5.91 Å². The van der Waals surface area contributed by atoms with Gasteiger partial charge in [-0.3, -0.25) is 14.8 Å². The Bertz CT molecular complexity index is 1490. The maximum Gasteiger partial charge on any atom is 0.253 e. The molecule has 0 unspecified atom stereocenters. The van der Waals surface area contributed by atoms with Gasteiger partial charge < -0.3 is 4.90 Å². The second kappa shape index (κ2) is 9.06. The Labute approximate surface area is 203 Å². The van der Waals surface area contributed by atoms with E-state index in [4.69, 9.17) is 9.97 Å². The van der Waals surface area contributed by atoms with E-state index in [2.05, 4.69) is 34.2 Å². The van der Waals surface area contributed by atoms with Gasteiger partial charge in [-0.15, -0.1) is 0 Å². The van der Waals surface area contributed by atoms with E-state index in [9.17, 15) is 4.79 Å². The summed E-state index contributed by atoms with van der Waals surface area (Å²) in [6, 6.07) is 27.4. The highest BCUT2D eigenvalue weighted by Crippen LogP contribution is 2.31. The number of likely N-dealkylation sites (tertiary alicyclic amines) is 1. The Morgan fingerprint density at radius 1 is 0.743 bits per heavy atom. The van der Waals surface area contributed by atoms with Gasteiger partial charge in [0.2, 0.25) is 0 Å². The second-order valence-corrected chi connectivity index (χ2v) is 8.70. The fraction of sp³-hybridized carbons (Fsp3) is 0.138. The molecule has 0 aliphatic carbocycles. The van der Waals surface area contributed by atoms with Crippen molar-refractivity contribution in [2.24, 2.45) is 0 Å². The molecule has 3 aromatic heterocycles. The Hall–Kier alpha value is -4.45. The zero-order valence-corrected chi connectivity index (χ0v) is 19.1. The first-order valence-electron chi connectivity index (χ1n) is 11.7. The van der Waals surface area contributed by atoms with Crippen molar-refractivity contribution in [3.05, 3.63) is 108 Å². The molecule has 6 rings (SSSR count). The number of rotatable bonds is 4. The molecule has 1 saturated heterocycles. The van der Waals surface area contributed by atoms with Crippen LogP contribution in [0.3, 0.4) is 0 Å². The maximum atomic E-state index is 13.4. The lowest BCUT2D eigenvalue weighted by molar-refractivity contribution is 0.0791. The molecule has 170 valence electrons. The molecule has 1 aliphatic heterocycles. The van der Waals surface area contributed by atoms with Crippen molar-refractivity contribution < 1.29 is 4.79 Å². The summed E-state index contributed by atoms with van der Waals surface area (Å²) in [4.78, 5) is 34.1. The molecule has 5 aromatic rings.